The zero-order valence-corrected chi connectivity index (χ0v) is 19.5. The first-order chi connectivity index (χ1) is 16.5. The SMILES string of the molecule is COc1ccc(OC)c(C2/C(=C(/O)c3ccccc3)C(=O)C(=O)N2CCCN2CCOCC2)c1. The van der Waals surface area contributed by atoms with Gasteiger partial charge in [-0.3, -0.25) is 14.5 Å². The maximum absolute atomic E-state index is 13.2. The molecule has 1 unspecified atom stereocenters. The Bertz CT molecular complexity index is 1060. The van der Waals surface area contributed by atoms with Gasteiger partial charge in [-0.05, 0) is 24.6 Å². The number of methoxy groups -OCH3 is 2. The molecule has 4 rings (SSSR count). The van der Waals surface area contributed by atoms with Crippen molar-refractivity contribution in [3.8, 4) is 11.5 Å². The van der Waals surface area contributed by atoms with Crippen LogP contribution in [0.4, 0.5) is 0 Å². The van der Waals surface area contributed by atoms with E-state index >= 15 is 0 Å². The van der Waals surface area contributed by atoms with Gasteiger partial charge in [-0.25, -0.2) is 0 Å². The Morgan fingerprint density at radius 3 is 2.44 bits per heavy atom. The summed E-state index contributed by atoms with van der Waals surface area (Å²) in [5.74, 6) is -0.472. The lowest BCUT2D eigenvalue weighted by Crippen LogP contribution is -2.39. The summed E-state index contributed by atoms with van der Waals surface area (Å²) in [7, 11) is 3.09. The second kappa shape index (κ2) is 10.7. The van der Waals surface area contributed by atoms with Gasteiger partial charge in [0.25, 0.3) is 11.7 Å². The summed E-state index contributed by atoms with van der Waals surface area (Å²) in [6.07, 6.45) is 0.682. The molecule has 2 saturated heterocycles. The van der Waals surface area contributed by atoms with Crippen molar-refractivity contribution >= 4 is 17.4 Å². The van der Waals surface area contributed by atoms with Gasteiger partial charge in [0, 0.05) is 37.3 Å². The van der Waals surface area contributed by atoms with Crippen molar-refractivity contribution < 1.29 is 28.9 Å². The number of likely N-dealkylation sites (tertiary alicyclic amines) is 1. The number of aliphatic hydroxyl groups is 1. The summed E-state index contributed by atoms with van der Waals surface area (Å²) in [6.45, 7) is 4.23. The van der Waals surface area contributed by atoms with Gasteiger partial charge in [-0.15, -0.1) is 0 Å². The minimum Gasteiger partial charge on any atom is -0.507 e. The lowest BCUT2D eigenvalue weighted by molar-refractivity contribution is -0.140. The molecule has 1 atom stereocenters. The van der Waals surface area contributed by atoms with Crippen LogP contribution in [-0.4, -0.2) is 80.2 Å². The van der Waals surface area contributed by atoms with Crippen molar-refractivity contribution in [1.29, 1.82) is 0 Å². The lowest BCUT2D eigenvalue weighted by Gasteiger charge is -2.29. The van der Waals surface area contributed by atoms with E-state index in [0.717, 1.165) is 19.6 Å². The Morgan fingerprint density at radius 2 is 1.76 bits per heavy atom. The van der Waals surface area contributed by atoms with Gasteiger partial charge < -0.3 is 24.2 Å². The molecule has 2 aliphatic heterocycles. The summed E-state index contributed by atoms with van der Waals surface area (Å²) in [5.41, 5.74) is 1.11. The fourth-order valence-corrected chi connectivity index (χ4v) is 4.53. The Hall–Kier alpha value is -3.36. The van der Waals surface area contributed by atoms with Crippen molar-refractivity contribution in [2.45, 2.75) is 12.5 Å². The van der Waals surface area contributed by atoms with E-state index in [1.807, 2.05) is 6.07 Å². The number of hydrogen-bond donors (Lipinski definition) is 1. The van der Waals surface area contributed by atoms with Crippen LogP contribution in [-0.2, 0) is 14.3 Å². The smallest absolute Gasteiger partial charge is 0.295 e. The average molecular weight is 467 g/mol. The second-order valence-corrected chi connectivity index (χ2v) is 8.27. The molecule has 34 heavy (non-hydrogen) atoms. The van der Waals surface area contributed by atoms with Crippen molar-refractivity contribution in [3.05, 3.63) is 65.2 Å². The Balaban J connectivity index is 1.74. The molecule has 2 aromatic rings. The molecule has 8 nitrogen and oxygen atoms in total. The van der Waals surface area contributed by atoms with Crippen LogP contribution in [0.3, 0.4) is 0 Å². The van der Waals surface area contributed by atoms with Crippen LogP contribution in [0.25, 0.3) is 5.76 Å². The van der Waals surface area contributed by atoms with Crippen molar-refractivity contribution in [2.24, 2.45) is 0 Å². The average Bonchev–Trinajstić information content (AvgIpc) is 3.14. The molecule has 180 valence electrons. The third-order valence-corrected chi connectivity index (χ3v) is 6.30. The Kier molecular flexibility index (Phi) is 7.49. The Morgan fingerprint density at radius 1 is 1.03 bits per heavy atom. The van der Waals surface area contributed by atoms with E-state index in [4.69, 9.17) is 14.2 Å². The van der Waals surface area contributed by atoms with Crippen molar-refractivity contribution in [3.63, 3.8) is 0 Å². The van der Waals surface area contributed by atoms with Crippen LogP contribution in [0.5, 0.6) is 11.5 Å². The molecule has 0 bridgehead atoms. The topological polar surface area (TPSA) is 88.5 Å². The Labute approximate surface area is 199 Å². The first-order valence-corrected chi connectivity index (χ1v) is 11.4. The number of carbonyl (C=O) groups excluding carboxylic acids is 2. The maximum Gasteiger partial charge on any atom is 0.295 e. The summed E-state index contributed by atoms with van der Waals surface area (Å²) >= 11 is 0. The van der Waals surface area contributed by atoms with Crippen molar-refractivity contribution in [1.82, 2.24) is 9.80 Å². The molecule has 0 spiro atoms. The van der Waals surface area contributed by atoms with Gasteiger partial charge in [0.2, 0.25) is 0 Å². The molecule has 0 saturated carbocycles. The minimum absolute atomic E-state index is 0.0501. The quantitative estimate of drug-likeness (QED) is 0.364. The molecule has 8 heteroatoms. The van der Waals surface area contributed by atoms with Crippen LogP contribution in [0.1, 0.15) is 23.6 Å². The van der Waals surface area contributed by atoms with Gasteiger partial charge in [-0.2, -0.15) is 0 Å². The fourth-order valence-electron chi connectivity index (χ4n) is 4.53. The number of ether oxygens (including phenoxy) is 3. The van der Waals surface area contributed by atoms with E-state index in [0.29, 0.717) is 48.8 Å². The number of rotatable bonds is 8. The lowest BCUT2D eigenvalue weighted by atomic mass is 9.94. The van der Waals surface area contributed by atoms with Gasteiger partial charge in [0.05, 0.1) is 39.0 Å². The highest BCUT2D eigenvalue weighted by Gasteiger charge is 2.47. The van der Waals surface area contributed by atoms with Crippen LogP contribution in [0.2, 0.25) is 0 Å². The first kappa shape index (κ1) is 23.8. The molecule has 0 aromatic heterocycles. The van der Waals surface area contributed by atoms with Crippen molar-refractivity contribution in [2.75, 3.05) is 53.6 Å². The van der Waals surface area contributed by atoms with E-state index in [1.165, 1.54) is 12.0 Å². The van der Waals surface area contributed by atoms with Crippen LogP contribution in [0, 0.1) is 0 Å². The molecule has 0 radical (unpaired) electrons. The highest BCUT2D eigenvalue weighted by atomic mass is 16.5. The highest BCUT2D eigenvalue weighted by molar-refractivity contribution is 6.46. The molecule has 1 amide bonds. The number of amides is 1. The number of nitrogens with zero attached hydrogens (tertiary/aromatic N) is 2. The summed E-state index contributed by atoms with van der Waals surface area (Å²) in [6, 6.07) is 13.2. The maximum atomic E-state index is 13.2. The molecule has 2 aromatic carbocycles. The number of ketones is 1. The first-order valence-electron chi connectivity index (χ1n) is 11.4. The van der Waals surface area contributed by atoms with Crippen LogP contribution in [0.15, 0.2) is 54.1 Å². The number of morpholine rings is 1. The number of Topliss-reactive ketones (excluding diaryl/α,β-unsaturated/α-hetero) is 1. The molecular formula is C26H30N2O6. The summed E-state index contributed by atoms with van der Waals surface area (Å²) in [5, 5.41) is 11.2. The summed E-state index contributed by atoms with van der Waals surface area (Å²) < 4.78 is 16.4. The van der Waals surface area contributed by atoms with Gasteiger partial charge >= 0.3 is 0 Å². The predicted octanol–water partition coefficient (Wildman–Crippen LogP) is 2.85. The zero-order valence-electron chi connectivity index (χ0n) is 19.5. The zero-order chi connectivity index (χ0) is 24.1. The number of benzene rings is 2. The molecule has 1 N–H and O–H groups in total. The second-order valence-electron chi connectivity index (χ2n) is 8.27. The van der Waals surface area contributed by atoms with Gasteiger partial charge in [-0.1, -0.05) is 30.3 Å². The molecule has 2 fully saturated rings. The predicted molar refractivity (Wildman–Crippen MR) is 127 cm³/mol. The summed E-state index contributed by atoms with van der Waals surface area (Å²) in [4.78, 5) is 30.2. The van der Waals surface area contributed by atoms with E-state index in [9.17, 15) is 14.7 Å². The molecule has 0 aliphatic carbocycles. The van der Waals surface area contributed by atoms with E-state index in [2.05, 4.69) is 4.90 Å². The van der Waals surface area contributed by atoms with E-state index < -0.39 is 17.7 Å². The number of aliphatic hydroxyl groups excluding tert-OH is 1. The minimum atomic E-state index is -0.796. The van der Waals surface area contributed by atoms with Gasteiger partial charge in [0.15, 0.2) is 0 Å². The van der Waals surface area contributed by atoms with Crippen LogP contribution >= 0.6 is 0 Å². The monoisotopic (exact) mass is 466 g/mol. The standard InChI is InChI=1S/C26H30N2O6/c1-32-19-9-10-21(33-2)20(17-19)23-22(24(29)18-7-4-3-5-8-18)25(30)26(31)28(23)12-6-11-27-13-15-34-16-14-27/h3-5,7-10,17,23,29H,6,11-16H2,1-2H3/b24-22-. The van der Waals surface area contributed by atoms with Crippen LogP contribution < -0.4 is 9.47 Å². The normalized spacial score (nSPS) is 20.5. The molecule has 2 heterocycles. The van der Waals surface area contributed by atoms with Gasteiger partial charge in [0.1, 0.15) is 17.3 Å². The number of hydrogen-bond acceptors (Lipinski definition) is 7. The largest absolute Gasteiger partial charge is 0.507 e. The number of carbonyl (C=O) groups is 2. The highest BCUT2D eigenvalue weighted by Crippen LogP contribution is 2.43. The fraction of sp³-hybridized carbons (Fsp3) is 0.385. The van der Waals surface area contributed by atoms with E-state index in [-0.39, 0.29) is 11.3 Å². The molecule has 2 aliphatic rings. The third kappa shape index (κ3) is 4.78. The molecular weight excluding hydrogens is 436 g/mol. The third-order valence-electron chi connectivity index (χ3n) is 6.30. The van der Waals surface area contributed by atoms with E-state index in [1.54, 1.807) is 49.6 Å².